The van der Waals surface area contributed by atoms with Gasteiger partial charge in [0.25, 0.3) is 5.91 Å². The molecule has 108 valence electrons. The molecule has 2 N–H and O–H groups in total. The van der Waals surface area contributed by atoms with Gasteiger partial charge in [0.05, 0.1) is 0 Å². The van der Waals surface area contributed by atoms with Crippen LogP contribution in [0.4, 0.5) is 0 Å². The van der Waals surface area contributed by atoms with Crippen molar-refractivity contribution in [1.29, 1.82) is 0 Å². The molecule has 5 nitrogen and oxygen atoms in total. The molecule has 2 aromatic heterocycles. The van der Waals surface area contributed by atoms with Crippen LogP contribution in [0.3, 0.4) is 0 Å². The number of aromatic amines is 1. The van der Waals surface area contributed by atoms with E-state index in [0.29, 0.717) is 12.2 Å². The first-order chi connectivity index (χ1) is 9.70. The molecule has 0 spiro atoms. The lowest BCUT2D eigenvalue weighted by molar-refractivity contribution is 0.0943. The molecule has 0 radical (unpaired) electrons. The van der Waals surface area contributed by atoms with Crippen molar-refractivity contribution in [2.75, 3.05) is 6.54 Å². The first-order valence-electron chi connectivity index (χ1n) is 6.83. The van der Waals surface area contributed by atoms with Gasteiger partial charge >= 0.3 is 0 Å². The van der Waals surface area contributed by atoms with E-state index in [4.69, 9.17) is 0 Å². The maximum absolute atomic E-state index is 12.1. The van der Waals surface area contributed by atoms with Crippen LogP contribution in [0.25, 0.3) is 0 Å². The van der Waals surface area contributed by atoms with Crippen molar-refractivity contribution in [3.8, 4) is 0 Å². The number of aromatic nitrogens is 3. The normalized spacial score (nSPS) is 10.7. The van der Waals surface area contributed by atoms with Crippen molar-refractivity contribution in [2.45, 2.75) is 32.7 Å². The number of aryl methyl sites for hydroxylation is 2. The zero-order valence-electron chi connectivity index (χ0n) is 11.5. The summed E-state index contributed by atoms with van der Waals surface area (Å²) in [5.41, 5.74) is 0.705. The maximum atomic E-state index is 12.1. The van der Waals surface area contributed by atoms with Crippen LogP contribution in [-0.2, 0) is 13.0 Å². The van der Waals surface area contributed by atoms with Crippen LogP contribution in [0.2, 0.25) is 0 Å². The van der Waals surface area contributed by atoms with Crippen molar-refractivity contribution in [3.63, 3.8) is 0 Å². The van der Waals surface area contributed by atoms with Crippen molar-refractivity contribution in [3.05, 3.63) is 40.6 Å². The number of H-pyrrole nitrogens is 1. The van der Waals surface area contributed by atoms with E-state index in [-0.39, 0.29) is 5.91 Å². The van der Waals surface area contributed by atoms with Crippen molar-refractivity contribution in [1.82, 2.24) is 19.9 Å². The molecule has 0 aliphatic rings. The van der Waals surface area contributed by atoms with Crippen LogP contribution in [0.5, 0.6) is 0 Å². The third-order valence-corrected chi connectivity index (χ3v) is 3.42. The maximum Gasteiger partial charge on any atom is 0.267 e. The monoisotopic (exact) mass is 338 g/mol. The Morgan fingerprint density at radius 3 is 3.10 bits per heavy atom. The third-order valence-electron chi connectivity index (χ3n) is 2.99. The summed E-state index contributed by atoms with van der Waals surface area (Å²) in [6, 6.07) is 1.86. The summed E-state index contributed by atoms with van der Waals surface area (Å²) in [7, 11) is 0. The molecule has 2 heterocycles. The Kier molecular flexibility index (Phi) is 5.40. The Bertz CT molecular complexity index is 548. The molecule has 6 heteroatoms. The molecule has 0 saturated carbocycles. The van der Waals surface area contributed by atoms with E-state index < -0.39 is 0 Å². The smallest absolute Gasteiger partial charge is 0.267 e. The SMILES string of the molecule is CCCn1cc(Br)cc1C(=O)NCCCc1ncc[nH]1. The van der Waals surface area contributed by atoms with Crippen molar-refractivity contribution in [2.24, 2.45) is 0 Å². The molecule has 0 aliphatic carbocycles. The van der Waals surface area contributed by atoms with E-state index in [1.54, 1.807) is 6.20 Å². The highest BCUT2D eigenvalue weighted by atomic mass is 79.9. The van der Waals surface area contributed by atoms with E-state index in [9.17, 15) is 4.79 Å². The summed E-state index contributed by atoms with van der Waals surface area (Å²) in [6.45, 7) is 3.59. The molecule has 0 saturated heterocycles. The van der Waals surface area contributed by atoms with Gasteiger partial charge in [-0.15, -0.1) is 0 Å². The van der Waals surface area contributed by atoms with E-state index in [1.165, 1.54) is 0 Å². The summed E-state index contributed by atoms with van der Waals surface area (Å²) in [6.07, 6.45) is 8.20. The Morgan fingerprint density at radius 2 is 2.40 bits per heavy atom. The number of nitrogens with one attached hydrogen (secondary N) is 2. The molecule has 0 aliphatic heterocycles. The van der Waals surface area contributed by atoms with Gasteiger partial charge in [-0.1, -0.05) is 6.92 Å². The molecule has 0 aromatic carbocycles. The Balaban J connectivity index is 1.82. The van der Waals surface area contributed by atoms with E-state index >= 15 is 0 Å². The average molecular weight is 339 g/mol. The number of amides is 1. The molecule has 0 bridgehead atoms. The number of imidazole rings is 1. The van der Waals surface area contributed by atoms with E-state index in [1.807, 2.05) is 23.0 Å². The number of nitrogens with zero attached hydrogens (tertiary/aromatic N) is 2. The minimum atomic E-state index is -0.0244. The quantitative estimate of drug-likeness (QED) is 0.762. The molecule has 20 heavy (non-hydrogen) atoms. The third kappa shape index (κ3) is 3.96. The van der Waals surface area contributed by atoms with Crippen LogP contribution in [0.1, 0.15) is 36.1 Å². The minimum absolute atomic E-state index is 0.0244. The number of carbonyl (C=O) groups excluding carboxylic acids is 1. The summed E-state index contributed by atoms with van der Waals surface area (Å²) in [5.74, 6) is 0.931. The zero-order chi connectivity index (χ0) is 14.4. The highest BCUT2D eigenvalue weighted by Gasteiger charge is 2.12. The van der Waals surface area contributed by atoms with Crippen LogP contribution in [0.15, 0.2) is 29.1 Å². The van der Waals surface area contributed by atoms with E-state index in [0.717, 1.165) is 36.1 Å². The van der Waals surface area contributed by atoms with Gasteiger partial charge in [-0.3, -0.25) is 4.79 Å². The Hall–Kier alpha value is -1.56. The molecular weight excluding hydrogens is 320 g/mol. The zero-order valence-corrected chi connectivity index (χ0v) is 13.1. The topological polar surface area (TPSA) is 62.7 Å². The molecule has 2 rings (SSSR count). The predicted molar refractivity (Wildman–Crippen MR) is 81.7 cm³/mol. The van der Waals surface area contributed by atoms with Gasteiger partial charge in [0, 0.05) is 42.6 Å². The summed E-state index contributed by atoms with van der Waals surface area (Å²) in [4.78, 5) is 19.3. The fraction of sp³-hybridized carbons (Fsp3) is 0.429. The molecular formula is C14H19BrN4O. The standard InChI is InChI=1S/C14H19BrN4O/c1-2-8-19-10-11(15)9-12(19)14(20)18-5-3-4-13-16-6-7-17-13/h6-7,9-10H,2-5,8H2,1H3,(H,16,17)(H,18,20). The van der Waals surface area contributed by atoms with Crippen LogP contribution < -0.4 is 5.32 Å². The minimum Gasteiger partial charge on any atom is -0.351 e. The van der Waals surface area contributed by atoms with Gasteiger partial charge in [0.15, 0.2) is 0 Å². The fourth-order valence-electron chi connectivity index (χ4n) is 2.07. The lowest BCUT2D eigenvalue weighted by atomic mass is 10.3. The van der Waals surface area contributed by atoms with Gasteiger partial charge in [-0.2, -0.15) is 0 Å². The molecule has 0 atom stereocenters. The summed E-state index contributed by atoms with van der Waals surface area (Å²) in [5, 5.41) is 2.95. The number of hydrogen-bond donors (Lipinski definition) is 2. The van der Waals surface area contributed by atoms with Gasteiger partial charge in [0.1, 0.15) is 11.5 Å². The molecule has 0 unspecified atom stereocenters. The summed E-state index contributed by atoms with van der Waals surface area (Å²) >= 11 is 3.42. The van der Waals surface area contributed by atoms with Crippen LogP contribution in [-0.4, -0.2) is 27.0 Å². The van der Waals surface area contributed by atoms with Crippen molar-refractivity contribution < 1.29 is 4.79 Å². The largest absolute Gasteiger partial charge is 0.351 e. The molecule has 0 fully saturated rings. The first kappa shape index (κ1) is 14.8. The number of rotatable bonds is 7. The number of hydrogen-bond acceptors (Lipinski definition) is 2. The molecule has 2 aromatic rings. The second-order valence-electron chi connectivity index (χ2n) is 4.63. The van der Waals surface area contributed by atoms with E-state index in [2.05, 4.69) is 38.1 Å². The van der Waals surface area contributed by atoms with Gasteiger partial charge in [0.2, 0.25) is 0 Å². The predicted octanol–water partition coefficient (Wildman–Crippen LogP) is 2.75. The van der Waals surface area contributed by atoms with Gasteiger partial charge in [-0.25, -0.2) is 4.98 Å². The number of carbonyl (C=O) groups is 1. The lowest BCUT2D eigenvalue weighted by Crippen LogP contribution is -2.27. The fourth-order valence-corrected chi connectivity index (χ4v) is 2.54. The van der Waals surface area contributed by atoms with Crippen molar-refractivity contribution >= 4 is 21.8 Å². The van der Waals surface area contributed by atoms with Gasteiger partial charge in [-0.05, 0) is 34.8 Å². The van der Waals surface area contributed by atoms with Crippen LogP contribution >= 0.6 is 15.9 Å². The Morgan fingerprint density at radius 1 is 1.55 bits per heavy atom. The average Bonchev–Trinajstić information content (AvgIpc) is 3.05. The van der Waals surface area contributed by atoms with Gasteiger partial charge < -0.3 is 14.9 Å². The highest BCUT2D eigenvalue weighted by Crippen LogP contribution is 2.15. The first-order valence-corrected chi connectivity index (χ1v) is 7.62. The van der Waals surface area contributed by atoms with Crippen LogP contribution in [0, 0.1) is 0 Å². The second kappa shape index (κ2) is 7.28. The summed E-state index contributed by atoms with van der Waals surface area (Å²) < 4.78 is 2.91. The lowest BCUT2D eigenvalue weighted by Gasteiger charge is -2.08. The second-order valence-corrected chi connectivity index (χ2v) is 5.55. The Labute approximate surface area is 126 Å². The number of halogens is 1. The molecule has 1 amide bonds. The highest BCUT2D eigenvalue weighted by molar-refractivity contribution is 9.10.